The van der Waals surface area contributed by atoms with Crippen LogP contribution in [0.3, 0.4) is 0 Å². The van der Waals surface area contributed by atoms with E-state index in [9.17, 15) is 9.90 Å². The van der Waals surface area contributed by atoms with Gasteiger partial charge in [-0.2, -0.15) is 0 Å². The molecule has 0 heterocycles. The van der Waals surface area contributed by atoms with E-state index in [0.29, 0.717) is 19.5 Å². The van der Waals surface area contributed by atoms with Crippen LogP contribution in [0.5, 0.6) is 0 Å². The van der Waals surface area contributed by atoms with Crippen molar-refractivity contribution in [2.45, 2.75) is 57.5 Å². The quantitative estimate of drug-likeness (QED) is 0.593. The van der Waals surface area contributed by atoms with E-state index in [1.54, 1.807) is 0 Å². The highest BCUT2D eigenvalue weighted by atomic mass is 16.3. The van der Waals surface area contributed by atoms with Gasteiger partial charge in [-0.25, -0.2) is 0 Å². The average Bonchev–Trinajstić information content (AvgIpc) is 3.07. The van der Waals surface area contributed by atoms with E-state index in [1.165, 1.54) is 38.5 Å². The average molecular weight is 268 g/mol. The molecular formula is C15H28N2O2. The number of carbonyl (C=O) groups is 1. The van der Waals surface area contributed by atoms with Crippen LogP contribution in [0.2, 0.25) is 0 Å². The molecule has 0 spiro atoms. The Morgan fingerprint density at radius 1 is 1.11 bits per heavy atom. The molecule has 0 bridgehead atoms. The Morgan fingerprint density at radius 3 is 2.53 bits per heavy atom. The molecule has 110 valence electrons. The number of aliphatic hydroxyl groups is 1. The topological polar surface area (TPSA) is 61.4 Å². The van der Waals surface area contributed by atoms with Crippen LogP contribution in [0.4, 0.5) is 0 Å². The first-order chi connectivity index (χ1) is 9.24. The van der Waals surface area contributed by atoms with E-state index < -0.39 is 6.10 Å². The molecule has 1 atom stereocenters. The van der Waals surface area contributed by atoms with Gasteiger partial charge in [0, 0.05) is 19.5 Å². The van der Waals surface area contributed by atoms with Crippen LogP contribution in [0.1, 0.15) is 51.4 Å². The Hall–Kier alpha value is -0.610. The molecule has 4 heteroatoms. The molecule has 2 saturated carbocycles. The summed E-state index contributed by atoms with van der Waals surface area (Å²) in [6.45, 7) is 1.97. The van der Waals surface area contributed by atoms with E-state index in [4.69, 9.17) is 0 Å². The molecule has 1 unspecified atom stereocenters. The molecule has 0 saturated heterocycles. The normalized spacial score (nSPS) is 21.5. The summed E-state index contributed by atoms with van der Waals surface area (Å²) in [5, 5.41) is 15.8. The first-order valence-corrected chi connectivity index (χ1v) is 7.89. The van der Waals surface area contributed by atoms with E-state index >= 15 is 0 Å². The Morgan fingerprint density at radius 2 is 1.84 bits per heavy atom. The number of hydrogen-bond donors (Lipinski definition) is 3. The minimum absolute atomic E-state index is 0.0909. The van der Waals surface area contributed by atoms with Gasteiger partial charge in [-0.15, -0.1) is 0 Å². The third-order valence-electron chi connectivity index (χ3n) is 4.30. The van der Waals surface area contributed by atoms with Gasteiger partial charge in [0.15, 0.2) is 0 Å². The maximum absolute atomic E-state index is 11.7. The van der Waals surface area contributed by atoms with Crippen LogP contribution in [0.25, 0.3) is 0 Å². The number of carbonyl (C=O) groups excluding carboxylic acids is 1. The van der Waals surface area contributed by atoms with E-state index in [-0.39, 0.29) is 5.91 Å². The van der Waals surface area contributed by atoms with Gasteiger partial charge in [-0.1, -0.05) is 25.7 Å². The van der Waals surface area contributed by atoms with Crippen LogP contribution < -0.4 is 10.6 Å². The van der Waals surface area contributed by atoms with Crippen LogP contribution in [0, 0.1) is 11.8 Å². The summed E-state index contributed by atoms with van der Waals surface area (Å²) < 4.78 is 0. The van der Waals surface area contributed by atoms with Crippen molar-refractivity contribution in [3.63, 3.8) is 0 Å². The van der Waals surface area contributed by atoms with Gasteiger partial charge < -0.3 is 15.7 Å². The van der Waals surface area contributed by atoms with Gasteiger partial charge in [0.25, 0.3) is 0 Å². The zero-order chi connectivity index (χ0) is 13.5. The Balaban J connectivity index is 1.44. The minimum Gasteiger partial charge on any atom is -0.390 e. The summed E-state index contributed by atoms with van der Waals surface area (Å²) in [6, 6.07) is 0. The van der Waals surface area contributed by atoms with Crippen molar-refractivity contribution in [1.82, 2.24) is 10.6 Å². The van der Waals surface area contributed by atoms with E-state index in [1.807, 2.05) is 0 Å². The number of amides is 1. The Kier molecular flexibility index (Phi) is 6.11. The molecule has 0 radical (unpaired) electrons. The highest BCUT2D eigenvalue weighted by Gasteiger charge is 2.20. The number of rotatable bonds is 9. The lowest BCUT2D eigenvalue weighted by molar-refractivity contribution is -0.121. The third kappa shape index (κ3) is 6.39. The van der Waals surface area contributed by atoms with Gasteiger partial charge in [0.05, 0.1) is 6.10 Å². The Labute approximate surface area is 116 Å². The summed E-state index contributed by atoms with van der Waals surface area (Å²) in [7, 11) is 0. The second-order valence-corrected chi connectivity index (χ2v) is 6.25. The van der Waals surface area contributed by atoms with Gasteiger partial charge in [0.1, 0.15) is 0 Å². The fourth-order valence-corrected chi connectivity index (χ4v) is 2.80. The second kappa shape index (κ2) is 7.85. The van der Waals surface area contributed by atoms with Gasteiger partial charge in [-0.3, -0.25) is 4.79 Å². The lowest BCUT2D eigenvalue weighted by Gasteiger charge is -2.13. The smallest absolute Gasteiger partial charge is 0.220 e. The first kappa shape index (κ1) is 14.8. The van der Waals surface area contributed by atoms with Crippen molar-refractivity contribution in [3.8, 4) is 0 Å². The van der Waals surface area contributed by atoms with Crippen LogP contribution in [-0.2, 0) is 4.79 Å². The molecular weight excluding hydrogens is 240 g/mol. The molecule has 1 amide bonds. The third-order valence-corrected chi connectivity index (χ3v) is 4.30. The molecule has 0 aromatic carbocycles. The number of nitrogens with one attached hydrogen (secondary N) is 2. The zero-order valence-corrected chi connectivity index (χ0v) is 11.9. The van der Waals surface area contributed by atoms with Crippen molar-refractivity contribution in [3.05, 3.63) is 0 Å². The number of aliphatic hydroxyl groups excluding tert-OH is 1. The van der Waals surface area contributed by atoms with Crippen molar-refractivity contribution < 1.29 is 9.90 Å². The van der Waals surface area contributed by atoms with Crippen molar-refractivity contribution in [2.75, 3.05) is 19.6 Å². The number of hydrogen-bond acceptors (Lipinski definition) is 3. The van der Waals surface area contributed by atoms with Crippen molar-refractivity contribution >= 4 is 5.91 Å². The largest absolute Gasteiger partial charge is 0.390 e. The minimum atomic E-state index is -0.464. The molecule has 0 aromatic heterocycles. The van der Waals surface area contributed by atoms with Crippen molar-refractivity contribution in [2.24, 2.45) is 11.8 Å². The summed E-state index contributed by atoms with van der Waals surface area (Å²) in [6.07, 6.45) is 9.06. The van der Waals surface area contributed by atoms with Crippen molar-refractivity contribution in [1.29, 1.82) is 0 Å². The standard InChI is InChI=1S/C15H28N2O2/c18-14(10-16-9-13-5-6-13)11-17-15(19)8-7-12-3-1-2-4-12/h12-14,16,18H,1-11H2,(H,17,19). The molecule has 3 N–H and O–H groups in total. The van der Waals surface area contributed by atoms with Gasteiger partial charge in [-0.05, 0) is 37.6 Å². The molecule has 2 aliphatic carbocycles. The molecule has 2 rings (SSSR count). The summed E-state index contributed by atoms with van der Waals surface area (Å²) in [4.78, 5) is 11.7. The molecule has 0 aliphatic heterocycles. The van der Waals surface area contributed by atoms with Gasteiger partial charge in [0.2, 0.25) is 5.91 Å². The van der Waals surface area contributed by atoms with E-state index in [2.05, 4.69) is 10.6 Å². The predicted molar refractivity (Wildman–Crippen MR) is 75.8 cm³/mol. The van der Waals surface area contributed by atoms with Crippen LogP contribution in [-0.4, -0.2) is 36.8 Å². The molecule has 2 aliphatic rings. The predicted octanol–water partition coefficient (Wildman–Crippen LogP) is 1.43. The second-order valence-electron chi connectivity index (χ2n) is 6.25. The highest BCUT2D eigenvalue weighted by Crippen LogP contribution is 2.28. The molecule has 0 aromatic rings. The first-order valence-electron chi connectivity index (χ1n) is 7.89. The molecule has 19 heavy (non-hydrogen) atoms. The van der Waals surface area contributed by atoms with Crippen LogP contribution in [0.15, 0.2) is 0 Å². The molecule has 4 nitrogen and oxygen atoms in total. The lowest BCUT2D eigenvalue weighted by atomic mass is 10.0. The maximum atomic E-state index is 11.7. The monoisotopic (exact) mass is 268 g/mol. The van der Waals surface area contributed by atoms with Gasteiger partial charge >= 0.3 is 0 Å². The van der Waals surface area contributed by atoms with E-state index in [0.717, 1.165) is 24.8 Å². The summed E-state index contributed by atoms with van der Waals surface area (Å²) >= 11 is 0. The summed E-state index contributed by atoms with van der Waals surface area (Å²) in [5.41, 5.74) is 0. The highest BCUT2D eigenvalue weighted by molar-refractivity contribution is 5.75. The fraction of sp³-hybridized carbons (Fsp3) is 0.933. The zero-order valence-electron chi connectivity index (χ0n) is 11.9. The van der Waals surface area contributed by atoms with Crippen LogP contribution >= 0.6 is 0 Å². The fourth-order valence-electron chi connectivity index (χ4n) is 2.80. The lowest BCUT2D eigenvalue weighted by Crippen LogP contribution is -2.38. The molecule has 2 fully saturated rings. The summed E-state index contributed by atoms with van der Waals surface area (Å²) in [5.74, 6) is 1.68. The maximum Gasteiger partial charge on any atom is 0.220 e. The SMILES string of the molecule is O=C(CCC1CCCC1)NCC(O)CNCC1CC1. The Bertz CT molecular complexity index is 273.